The van der Waals surface area contributed by atoms with Crippen LogP contribution >= 0.6 is 0 Å². The van der Waals surface area contributed by atoms with E-state index in [9.17, 15) is 0 Å². The number of hydrogen-bond acceptors (Lipinski definition) is 1. The lowest BCUT2D eigenvalue weighted by Crippen LogP contribution is -1.74. The Morgan fingerprint density at radius 3 is 2.62 bits per heavy atom. The molecule has 0 amide bonds. The van der Waals surface area contributed by atoms with Crippen LogP contribution in [0.1, 0.15) is 0 Å². The van der Waals surface area contributed by atoms with Gasteiger partial charge >= 0.3 is 0 Å². The van der Waals surface area contributed by atoms with Crippen molar-refractivity contribution in [2.45, 2.75) is 0 Å². The molecule has 0 radical (unpaired) electrons. The Kier molecular flexibility index (Phi) is 3.67. The fourth-order valence-electron chi connectivity index (χ4n) is 0.243. The first-order chi connectivity index (χ1) is 3.81. The first-order valence-electron chi connectivity index (χ1n) is 2.33. The zero-order valence-electron chi connectivity index (χ0n) is 5.05. The molecule has 44 valence electrons. The average Bonchev–Trinajstić information content (AvgIpc) is 1.83. The minimum absolute atomic E-state index is 0.643. The summed E-state index contributed by atoms with van der Waals surface area (Å²) in [7, 11) is 1.58. The lowest BCUT2D eigenvalue weighted by molar-refractivity contribution is 0.309. The third-order valence-electron chi connectivity index (χ3n) is 0.680. The number of methoxy groups -OCH3 is 1. The Hall–Kier alpha value is -0.980. The lowest BCUT2D eigenvalue weighted by atomic mass is 10.4. The Balaban J connectivity index is 3.52. The van der Waals surface area contributed by atoms with Crippen LogP contribution in [0, 0.1) is 0 Å². The maximum absolute atomic E-state index is 4.72. The molecule has 0 saturated heterocycles. The summed E-state index contributed by atoms with van der Waals surface area (Å²) in [5, 5.41) is 0. The summed E-state index contributed by atoms with van der Waals surface area (Å²) in [4.78, 5) is 0. The van der Waals surface area contributed by atoms with Gasteiger partial charge in [-0.2, -0.15) is 0 Å². The summed E-state index contributed by atoms with van der Waals surface area (Å²) < 4.78 is 4.72. The second kappa shape index (κ2) is 4.19. The number of ether oxygens (including phenoxy) is 1. The van der Waals surface area contributed by atoms with Gasteiger partial charge in [-0.05, 0) is 6.08 Å². The Morgan fingerprint density at radius 1 is 1.62 bits per heavy atom. The molecule has 0 spiro atoms. The molecule has 0 saturated carbocycles. The minimum atomic E-state index is 0.643. The monoisotopic (exact) mass is 110 g/mol. The van der Waals surface area contributed by atoms with Crippen molar-refractivity contribution in [1.82, 2.24) is 0 Å². The van der Waals surface area contributed by atoms with E-state index >= 15 is 0 Å². The van der Waals surface area contributed by atoms with Crippen molar-refractivity contribution in [3.63, 3.8) is 0 Å². The van der Waals surface area contributed by atoms with Gasteiger partial charge in [0, 0.05) is 0 Å². The van der Waals surface area contributed by atoms with Gasteiger partial charge in [0.1, 0.15) is 5.76 Å². The average molecular weight is 110 g/mol. The quantitative estimate of drug-likeness (QED) is 0.398. The highest BCUT2D eigenvalue weighted by atomic mass is 16.5. The lowest BCUT2D eigenvalue weighted by Gasteiger charge is -1.92. The van der Waals surface area contributed by atoms with Crippen LogP contribution in [0.5, 0.6) is 0 Å². The molecular formula is C7H10O. The predicted octanol–water partition coefficient (Wildman–Crippen LogP) is 1.89. The van der Waals surface area contributed by atoms with Crippen molar-refractivity contribution >= 4 is 0 Å². The first-order valence-corrected chi connectivity index (χ1v) is 2.33. The highest BCUT2D eigenvalue weighted by Gasteiger charge is 1.75. The molecule has 0 aliphatic carbocycles. The normalized spacial score (nSPS) is 9.12. The third-order valence-corrected chi connectivity index (χ3v) is 0.680. The van der Waals surface area contributed by atoms with E-state index in [4.69, 9.17) is 4.74 Å². The highest BCUT2D eigenvalue weighted by molar-refractivity contribution is 5.12. The van der Waals surface area contributed by atoms with E-state index in [1.165, 1.54) is 0 Å². The van der Waals surface area contributed by atoms with Crippen LogP contribution in [0.15, 0.2) is 37.1 Å². The molecule has 0 bridgehead atoms. The SMILES string of the molecule is C=CC=CC(=C)OC. The second-order valence-electron chi connectivity index (χ2n) is 1.27. The van der Waals surface area contributed by atoms with E-state index in [1.54, 1.807) is 25.3 Å². The molecule has 0 aromatic heterocycles. The fourth-order valence-corrected chi connectivity index (χ4v) is 0.243. The third kappa shape index (κ3) is 3.22. The molecule has 0 aliphatic rings. The van der Waals surface area contributed by atoms with Crippen LogP contribution in [-0.4, -0.2) is 7.11 Å². The van der Waals surface area contributed by atoms with Crippen molar-refractivity contribution in [3.8, 4) is 0 Å². The van der Waals surface area contributed by atoms with Gasteiger partial charge in [-0.1, -0.05) is 25.3 Å². The van der Waals surface area contributed by atoms with E-state index in [1.807, 2.05) is 0 Å². The zero-order valence-corrected chi connectivity index (χ0v) is 5.05. The van der Waals surface area contributed by atoms with Crippen LogP contribution in [0.4, 0.5) is 0 Å². The largest absolute Gasteiger partial charge is 0.497 e. The molecular weight excluding hydrogens is 100 g/mol. The molecule has 0 unspecified atom stereocenters. The van der Waals surface area contributed by atoms with Crippen molar-refractivity contribution in [3.05, 3.63) is 37.1 Å². The molecule has 0 heterocycles. The summed E-state index contributed by atoms with van der Waals surface area (Å²) in [5.74, 6) is 0.643. The molecule has 0 aromatic rings. The van der Waals surface area contributed by atoms with Gasteiger partial charge in [0.15, 0.2) is 0 Å². The summed E-state index contributed by atoms with van der Waals surface area (Å²) >= 11 is 0. The van der Waals surface area contributed by atoms with Gasteiger partial charge in [0.2, 0.25) is 0 Å². The molecule has 0 aromatic carbocycles. The molecule has 0 fully saturated rings. The Labute approximate surface area is 50.0 Å². The molecule has 1 nitrogen and oxygen atoms in total. The summed E-state index contributed by atoms with van der Waals surface area (Å²) in [6.45, 7) is 7.04. The van der Waals surface area contributed by atoms with Gasteiger partial charge in [-0.15, -0.1) is 0 Å². The molecule has 0 atom stereocenters. The molecule has 8 heavy (non-hydrogen) atoms. The summed E-state index contributed by atoms with van der Waals surface area (Å²) in [5.41, 5.74) is 0. The second-order valence-corrected chi connectivity index (χ2v) is 1.27. The molecule has 1 heteroatoms. The van der Waals surface area contributed by atoms with Gasteiger partial charge < -0.3 is 4.74 Å². The standard InChI is InChI=1S/C7H10O/c1-4-5-6-7(2)8-3/h4-6H,1-2H2,3H3. The highest BCUT2D eigenvalue weighted by Crippen LogP contribution is 1.90. The number of hydrogen-bond donors (Lipinski definition) is 0. The van der Waals surface area contributed by atoms with Gasteiger partial charge in [-0.25, -0.2) is 0 Å². The van der Waals surface area contributed by atoms with Crippen molar-refractivity contribution in [1.29, 1.82) is 0 Å². The van der Waals surface area contributed by atoms with Crippen molar-refractivity contribution < 1.29 is 4.74 Å². The topological polar surface area (TPSA) is 9.23 Å². The fraction of sp³-hybridized carbons (Fsp3) is 0.143. The van der Waals surface area contributed by atoms with Crippen LogP contribution in [0.2, 0.25) is 0 Å². The summed E-state index contributed by atoms with van der Waals surface area (Å²) in [6.07, 6.45) is 5.18. The molecule has 0 rings (SSSR count). The van der Waals surface area contributed by atoms with Crippen molar-refractivity contribution in [2.75, 3.05) is 7.11 Å². The van der Waals surface area contributed by atoms with E-state index in [2.05, 4.69) is 13.2 Å². The first kappa shape index (κ1) is 7.02. The number of allylic oxidation sites excluding steroid dienone is 3. The van der Waals surface area contributed by atoms with Gasteiger partial charge in [-0.3, -0.25) is 0 Å². The zero-order chi connectivity index (χ0) is 6.41. The van der Waals surface area contributed by atoms with E-state index < -0.39 is 0 Å². The predicted molar refractivity (Wildman–Crippen MR) is 35.5 cm³/mol. The molecule has 0 N–H and O–H groups in total. The maximum atomic E-state index is 4.72. The van der Waals surface area contributed by atoms with Crippen LogP contribution in [0.3, 0.4) is 0 Å². The summed E-state index contributed by atoms with van der Waals surface area (Å²) in [6, 6.07) is 0. The maximum Gasteiger partial charge on any atom is 0.111 e. The number of rotatable bonds is 3. The van der Waals surface area contributed by atoms with E-state index in [0.717, 1.165) is 0 Å². The smallest absolute Gasteiger partial charge is 0.111 e. The molecule has 0 aliphatic heterocycles. The van der Waals surface area contributed by atoms with Crippen LogP contribution in [-0.2, 0) is 4.74 Å². The Morgan fingerprint density at radius 2 is 2.25 bits per heavy atom. The van der Waals surface area contributed by atoms with Gasteiger partial charge in [0.05, 0.1) is 7.11 Å². The van der Waals surface area contributed by atoms with Gasteiger partial charge in [0.25, 0.3) is 0 Å². The minimum Gasteiger partial charge on any atom is -0.497 e. The van der Waals surface area contributed by atoms with E-state index in [-0.39, 0.29) is 0 Å². The Bertz CT molecular complexity index is 112. The van der Waals surface area contributed by atoms with Crippen LogP contribution < -0.4 is 0 Å². The van der Waals surface area contributed by atoms with Crippen molar-refractivity contribution in [2.24, 2.45) is 0 Å². The van der Waals surface area contributed by atoms with E-state index in [0.29, 0.717) is 5.76 Å². The van der Waals surface area contributed by atoms with Crippen LogP contribution in [0.25, 0.3) is 0 Å².